The van der Waals surface area contributed by atoms with E-state index in [1.165, 1.54) is 17.7 Å². The molecule has 1 unspecified atom stereocenters. The molecule has 1 aromatic carbocycles. The number of H-pyrrole nitrogens is 1. The largest absolute Gasteiger partial charge is 0.496 e. The summed E-state index contributed by atoms with van der Waals surface area (Å²) >= 11 is 0. The standard InChI is InChI=1S/C22H26FN5O/c1-15-20(14-25-26-15)16(2)27-9-11-28(12-10-27)22-18(5-4-8-24-22)19-13-17(23)6-7-21(19)29-3/h4-8,13-14,16H,9-12H2,1-3H3,(H,25,26). The first-order valence-corrected chi connectivity index (χ1v) is 9.86. The summed E-state index contributed by atoms with van der Waals surface area (Å²) in [5.41, 5.74) is 3.96. The number of aromatic nitrogens is 3. The van der Waals surface area contributed by atoms with Crippen LogP contribution in [0.1, 0.15) is 24.2 Å². The highest BCUT2D eigenvalue weighted by Crippen LogP contribution is 2.36. The van der Waals surface area contributed by atoms with E-state index < -0.39 is 0 Å². The molecule has 7 heteroatoms. The number of benzene rings is 1. The van der Waals surface area contributed by atoms with E-state index in [1.54, 1.807) is 19.4 Å². The quantitative estimate of drug-likeness (QED) is 0.712. The zero-order valence-corrected chi connectivity index (χ0v) is 17.0. The van der Waals surface area contributed by atoms with E-state index in [-0.39, 0.29) is 5.82 Å². The molecule has 1 atom stereocenters. The van der Waals surface area contributed by atoms with Crippen molar-refractivity contribution < 1.29 is 9.13 Å². The zero-order valence-electron chi connectivity index (χ0n) is 17.0. The average molecular weight is 395 g/mol. The summed E-state index contributed by atoms with van der Waals surface area (Å²) in [6.45, 7) is 7.81. The molecule has 3 aromatic rings. The van der Waals surface area contributed by atoms with Crippen molar-refractivity contribution in [2.24, 2.45) is 0 Å². The predicted octanol–water partition coefficient (Wildman–Crippen LogP) is 3.81. The first-order valence-electron chi connectivity index (χ1n) is 9.86. The summed E-state index contributed by atoms with van der Waals surface area (Å²) in [6.07, 6.45) is 3.70. The Morgan fingerprint density at radius 3 is 2.62 bits per heavy atom. The van der Waals surface area contributed by atoms with Crippen molar-refractivity contribution in [3.05, 3.63) is 59.8 Å². The maximum absolute atomic E-state index is 13.9. The maximum Gasteiger partial charge on any atom is 0.136 e. The van der Waals surface area contributed by atoms with Gasteiger partial charge in [0, 0.05) is 60.8 Å². The van der Waals surface area contributed by atoms with Crippen LogP contribution in [0.5, 0.6) is 5.75 Å². The van der Waals surface area contributed by atoms with Crippen LogP contribution in [-0.4, -0.2) is 53.4 Å². The van der Waals surface area contributed by atoms with Gasteiger partial charge in [0.2, 0.25) is 0 Å². The summed E-state index contributed by atoms with van der Waals surface area (Å²) < 4.78 is 19.4. The van der Waals surface area contributed by atoms with E-state index in [2.05, 4.69) is 38.8 Å². The second-order valence-electron chi connectivity index (χ2n) is 7.37. The highest BCUT2D eigenvalue weighted by Gasteiger charge is 2.26. The number of anilines is 1. The van der Waals surface area contributed by atoms with Gasteiger partial charge in [0.1, 0.15) is 17.4 Å². The van der Waals surface area contributed by atoms with Crippen molar-refractivity contribution in [2.75, 3.05) is 38.2 Å². The molecule has 3 heterocycles. The van der Waals surface area contributed by atoms with Crippen LogP contribution in [0.3, 0.4) is 0 Å². The normalized spacial score (nSPS) is 16.1. The van der Waals surface area contributed by atoms with Gasteiger partial charge in [-0.2, -0.15) is 5.10 Å². The Hall–Kier alpha value is -2.93. The summed E-state index contributed by atoms with van der Waals surface area (Å²) in [5, 5.41) is 7.18. The second-order valence-corrected chi connectivity index (χ2v) is 7.37. The van der Waals surface area contributed by atoms with Crippen LogP contribution in [0.15, 0.2) is 42.7 Å². The monoisotopic (exact) mass is 395 g/mol. The molecule has 1 saturated heterocycles. The minimum Gasteiger partial charge on any atom is -0.496 e. The van der Waals surface area contributed by atoms with Gasteiger partial charge in [-0.15, -0.1) is 0 Å². The molecule has 6 nitrogen and oxygen atoms in total. The van der Waals surface area contributed by atoms with Crippen molar-refractivity contribution in [3.8, 4) is 16.9 Å². The summed E-state index contributed by atoms with van der Waals surface area (Å²) in [5.74, 6) is 1.22. The molecule has 1 aliphatic heterocycles. The highest BCUT2D eigenvalue weighted by atomic mass is 19.1. The number of nitrogens with zero attached hydrogens (tertiary/aromatic N) is 4. The van der Waals surface area contributed by atoms with E-state index in [9.17, 15) is 4.39 Å². The lowest BCUT2D eigenvalue weighted by atomic mass is 10.0. The van der Waals surface area contributed by atoms with E-state index in [0.717, 1.165) is 48.8 Å². The third-order valence-electron chi connectivity index (χ3n) is 5.72. The Morgan fingerprint density at radius 1 is 1.14 bits per heavy atom. The van der Waals surface area contributed by atoms with E-state index in [4.69, 9.17) is 4.74 Å². The van der Waals surface area contributed by atoms with Gasteiger partial charge in [-0.05, 0) is 44.2 Å². The molecule has 0 amide bonds. The first-order chi connectivity index (χ1) is 14.1. The van der Waals surface area contributed by atoms with Crippen molar-refractivity contribution in [3.63, 3.8) is 0 Å². The van der Waals surface area contributed by atoms with Crippen LogP contribution >= 0.6 is 0 Å². The molecule has 0 saturated carbocycles. The van der Waals surface area contributed by atoms with Gasteiger partial charge in [-0.3, -0.25) is 10.00 Å². The number of piperazine rings is 1. The smallest absolute Gasteiger partial charge is 0.136 e. The number of hydrogen-bond acceptors (Lipinski definition) is 5. The van der Waals surface area contributed by atoms with Crippen LogP contribution in [-0.2, 0) is 0 Å². The molecule has 0 spiro atoms. The van der Waals surface area contributed by atoms with Crippen molar-refractivity contribution in [1.82, 2.24) is 20.1 Å². The van der Waals surface area contributed by atoms with E-state index >= 15 is 0 Å². The van der Waals surface area contributed by atoms with Gasteiger partial charge in [0.15, 0.2) is 0 Å². The molecule has 152 valence electrons. The molecule has 29 heavy (non-hydrogen) atoms. The number of methoxy groups -OCH3 is 1. The number of pyridine rings is 1. The van der Waals surface area contributed by atoms with Crippen molar-refractivity contribution >= 4 is 5.82 Å². The number of nitrogens with one attached hydrogen (secondary N) is 1. The molecule has 1 fully saturated rings. The number of aromatic amines is 1. The average Bonchev–Trinajstić information content (AvgIpc) is 3.19. The Morgan fingerprint density at radius 2 is 1.93 bits per heavy atom. The lowest BCUT2D eigenvalue weighted by molar-refractivity contribution is 0.198. The number of hydrogen-bond donors (Lipinski definition) is 1. The molecule has 4 rings (SSSR count). The van der Waals surface area contributed by atoms with Crippen LogP contribution in [0, 0.1) is 12.7 Å². The minimum atomic E-state index is -0.287. The van der Waals surface area contributed by atoms with Gasteiger partial charge in [-0.1, -0.05) is 0 Å². The molecule has 1 N–H and O–H groups in total. The fourth-order valence-corrected chi connectivity index (χ4v) is 4.05. The molecule has 0 radical (unpaired) electrons. The minimum absolute atomic E-state index is 0.287. The van der Waals surface area contributed by atoms with E-state index in [1.807, 2.05) is 18.3 Å². The fourth-order valence-electron chi connectivity index (χ4n) is 4.05. The Labute approximate surface area is 170 Å². The predicted molar refractivity (Wildman–Crippen MR) is 112 cm³/mol. The number of halogens is 1. The molecule has 0 bridgehead atoms. The summed E-state index contributed by atoms with van der Waals surface area (Å²) in [7, 11) is 1.60. The van der Waals surface area contributed by atoms with Crippen LogP contribution < -0.4 is 9.64 Å². The van der Waals surface area contributed by atoms with Gasteiger partial charge < -0.3 is 9.64 Å². The third kappa shape index (κ3) is 3.82. The van der Waals surface area contributed by atoms with Gasteiger partial charge >= 0.3 is 0 Å². The maximum atomic E-state index is 13.9. The van der Waals surface area contributed by atoms with E-state index in [0.29, 0.717) is 11.8 Å². The lowest BCUT2D eigenvalue weighted by Crippen LogP contribution is -2.47. The SMILES string of the molecule is COc1ccc(F)cc1-c1cccnc1N1CCN(C(C)c2cn[nH]c2C)CC1. The topological polar surface area (TPSA) is 57.3 Å². The Kier molecular flexibility index (Phi) is 5.49. The number of aryl methyl sites for hydroxylation is 1. The van der Waals surface area contributed by atoms with Gasteiger partial charge in [0.05, 0.1) is 13.3 Å². The Bertz CT molecular complexity index is 981. The van der Waals surface area contributed by atoms with Crippen LogP contribution in [0.4, 0.5) is 10.2 Å². The summed E-state index contributed by atoms with van der Waals surface area (Å²) in [4.78, 5) is 9.36. The Balaban J connectivity index is 1.56. The third-order valence-corrected chi connectivity index (χ3v) is 5.72. The lowest BCUT2D eigenvalue weighted by Gasteiger charge is -2.39. The van der Waals surface area contributed by atoms with Gasteiger partial charge in [-0.25, -0.2) is 9.37 Å². The van der Waals surface area contributed by atoms with Gasteiger partial charge in [0.25, 0.3) is 0 Å². The second kappa shape index (κ2) is 8.21. The first kappa shape index (κ1) is 19.4. The van der Waals surface area contributed by atoms with Crippen LogP contribution in [0.2, 0.25) is 0 Å². The molecule has 2 aromatic heterocycles. The summed E-state index contributed by atoms with van der Waals surface area (Å²) in [6, 6.07) is 8.75. The number of ether oxygens (including phenoxy) is 1. The zero-order chi connectivity index (χ0) is 20.4. The molecule has 0 aliphatic carbocycles. The molecular formula is C22H26FN5O. The number of rotatable bonds is 5. The molecular weight excluding hydrogens is 369 g/mol. The van der Waals surface area contributed by atoms with Crippen molar-refractivity contribution in [2.45, 2.75) is 19.9 Å². The van der Waals surface area contributed by atoms with Crippen molar-refractivity contribution in [1.29, 1.82) is 0 Å². The fraction of sp³-hybridized carbons (Fsp3) is 0.364. The molecule has 1 aliphatic rings. The van der Waals surface area contributed by atoms with Crippen LogP contribution in [0.25, 0.3) is 11.1 Å². The highest BCUT2D eigenvalue weighted by molar-refractivity contribution is 5.80.